The molecule has 1 aliphatic rings. The van der Waals surface area contributed by atoms with Crippen LogP contribution in [0.5, 0.6) is 0 Å². The number of anilines is 2. The van der Waals surface area contributed by atoms with Gasteiger partial charge in [0, 0.05) is 43.5 Å². The summed E-state index contributed by atoms with van der Waals surface area (Å²) in [5, 5.41) is 15.4. The number of piperazine rings is 1. The smallest absolute Gasteiger partial charge is 0.255 e. The third-order valence-corrected chi connectivity index (χ3v) is 6.47. The number of nitrogens with one attached hydrogen (secondary N) is 2. The molecule has 10 nitrogen and oxygen atoms in total. The van der Waals surface area contributed by atoms with Gasteiger partial charge in [0.05, 0.1) is 23.9 Å². The van der Waals surface area contributed by atoms with Crippen molar-refractivity contribution in [2.24, 2.45) is 0 Å². The van der Waals surface area contributed by atoms with Gasteiger partial charge in [0.1, 0.15) is 22.9 Å². The van der Waals surface area contributed by atoms with Gasteiger partial charge in [-0.05, 0) is 45.0 Å². The van der Waals surface area contributed by atoms with Crippen molar-refractivity contribution in [2.45, 2.75) is 32.9 Å². The van der Waals surface area contributed by atoms with Gasteiger partial charge in [0.15, 0.2) is 11.6 Å². The van der Waals surface area contributed by atoms with Crippen LogP contribution in [0.15, 0.2) is 36.7 Å². The molecule has 12 heteroatoms. The zero-order valence-electron chi connectivity index (χ0n) is 21.2. The lowest BCUT2D eigenvalue weighted by Gasteiger charge is -2.32. The number of halogens is 2. The van der Waals surface area contributed by atoms with E-state index in [-0.39, 0.29) is 47.3 Å². The lowest BCUT2D eigenvalue weighted by Crippen LogP contribution is -2.54. The summed E-state index contributed by atoms with van der Waals surface area (Å²) >= 11 is 0. The molecule has 4 heterocycles. The van der Waals surface area contributed by atoms with Crippen molar-refractivity contribution in [3.8, 4) is 11.3 Å². The maximum atomic E-state index is 14.9. The van der Waals surface area contributed by atoms with Gasteiger partial charge in [0.25, 0.3) is 5.91 Å². The summed E-state index contributed by atoms with van der Waals surface area (Å²) < 4.78 is 31.6. The highest BCUT2D eigenvalue weighted by atomic mass is 19.1. The lowest BCUT2D eigenvalue weighted by molar-refractivity contribution is 0.0671. The van der Waals surface area contributed by atoms with Gasteiger partial charge in [-0.25, -0.2) is 28.7 Å². The number of aryl methyl sites for hydroxylation is 1. The maximum absolute atomic E-state index is 14.9. The third-order valence-electron chi connectivity index (χ3n) is 6.47. The number of fused-ring (bicyclic) bond motifs is 1. The highest BCUT2D eigenvalue weighted by Gasteiger charge is 2.24. The van der Waals surface area contributed by atoms with E-state index in [2.05, 4.69) is 30.6 Å². The average molecular weight is 523 g/mol. The third kappa shape index (κ3) is 4.92. The van der Waals surface area contributed by atoms with Crippen LogP contribution in [0.4, 0.5) is 20.5 Å². The fourth-order valence-corrected chi connectivity index (χ4v) is 4.71. The second-order valence-electron chi connectivity index (χ2n) is 9.48. The molecule has 1 amide bonds. The summed E-state index contributed by atoms with van der Waals surface area (Å²) in [6.45, 7) is 7.22. The van der Waals surface area contributed by atoms with Crippen molar-refractivity contribution in [1.29, 1.82) is 0 Å². The summed E-state index contributed by atoms with van der Waals surface area (Å²) in [6.07, 6.45) is 2.45. The minimum atomic E-state index is -0.701. The van der Waals surface area contributed by atoms with Crippen LogP contribution in [-0.4, -0.2) is 72.7 Å². The predicted molar refractivity (Wildman–Crippen MR) is 138 cm³/mol. The lowest BCUT2D eigenvalue weighted by atomic mass is 10.1. The Hall–Kier alpha value is -4.03. The van der Waals surface area contributed by atoms with Crippen molar-refractivity contribution >= 4 is 28.7 Å². The summed E-state index contributed by atoms with van der Waals surface area (Å²) in [6, 6.07) is 5.98. The number of carbonyl (C=O) groups excluding carboxylic acids is 1. The predicted octanol–water partition coefficient (Wildman–Crippen LogP) is 3.21. The SMILES string of the molecule is Cc1nc2c(F)cc(-c3nc(Nc4ccc(C(=O)N5CCN[C@H](CO)C5)cn4)ncc3F)cc2n1C(C)C. The molecule has 0 spiro atoms. The molecule has 1 aromatic carbocycles. The van der Waals surface area contributed by atoms with E-state index in [4.69, 9.17) is 0 Å². The largest absolute Gasteiger partial charge is 0.395 e. The monoisotopic (exact) mass is 522 g/mol. The maximum Gasteiger partial charge on any atom is 0.255 e. The molecule has 0 aliphatic carbocycles. The number of aliphatic hydroxyl groups is 1. The number of aromatic nitrogens is 5. The Morgan fingerprint density at radius 1 is 1.18 bits per heavy atom. The molecule has 5 rings (SSSR count). The van der Waals surface area contributed by atoms with E-state index in [1.165, 1.54) is 12.3 Å². The molecule has 1 atom stereocenters. The van der Waals surface area contributed by atoms with Crippen molar-refractivity contribution < 1.29 is 18.7 Å². The average Bonchev–Trinajstić information content (AvgIpc) is 3.26. The first-order chi connectivity index (χ1) is 18.2. The van der Waals surface area contributed by atoms with Gasteiger partial charge in [-0.15, -0.1) is 0 Å². The van der Waals surface area contributed by atoms with Gasteiger partial charge in [-0.1, -0.05) is 0 Å². The molecule has 198 valence electrons. The standard InChI is InChI=1S/C26H28F2N8O2/c1-14(2)36-15(3)32-24-19(27)8-17(9-21(24)36)23-20(28)11-31-26(34-23)33-22-5-4-16(10-30-22)25(38)35-7-6-29-18(12-35)13-37/h4-5,8-11,14,18,29,37H,6-7,12-13H2,1-3H3,(H,30,31,33,34)/t18-/m0/s1. The minimum Gasteiger partial charge on any atom is -0.395 e. The minimum absolute atomic E-state index is 0.0331. The van der Waals surface area contributed by atoms with Crippen LogP contribution in [0.25, 0.3) is 22.3 Å². The first kappa shape index (κ1) is 25.6. The first-order valence-corrected chi connectivity index (χ1v) is 12.3. The van der Waals surface area contributed by atoms with Gasteiger partial charge >= 0.3 is 0 Å². The molecule has 3 N–H and O–H groups in total. The number of benzene rings is 1. The number of carbonyl (C=O) groups is 1. The van der Waals surface area contributed by atoms with Crippen molar-refractivity contribution in [3.63, 3.8) is 0 Å². The second kappa shape index (κ2) is 10.4. The Morgan fingerprint density at radius 2 is 2.00 bits per heavy atom. The second-order valence-corrected chi connectivity index (χ2v) is 9.48. The molecular weight excluding hydrogens is 494 g/mol. The Balaban J connectivity index is 1.39. The fourth-order valence-electron chi connectivity index (χ4n) is 4.71. The zero-order valence-corrected chi connectivity index (χ0v) is 21.2. The molecule has 3 aromatic heterocycles. The number of pyridine rings is 1. The van der Waals surface area contributed by atoms with E-state index >= 15 is 0 Å². The zero-order chi connectivity index (χ0) is 27.0. The number of hydrogen-bond donors (Lipinski definition) is 3. The molecule has 4 aromatic rings. The van der Waals surface area contributed by atoms with Crippen LogP contribution in [0.3, 0.4) is 0 Å². The van der Waals surface area contributed by atoms with E-state index in [1.54, 1.807) is 30.0 Å². The Morgan fingerprint density at radius 3 is 2.71 bits per heavy atom. The molecule has 0 unspecified atom stereocenters. The van der Waals surface area contributed by atoms with E-state index in [0.717, 1.165) is 6.20 Å². The summed E-state index contributed by atoms with van der Waals surface area (Å²) in [4.78, 5) is 31.3. The van der Waals surface area contributed by atoms with Crippen LogP contribution in [-0.2, 0) is 0 Å². The van der Waals surface area contributed by atoms with Crippen molar-refractivity contribution in [1.82, 2.24) is 34.7 Å². The number of amides is 1. The normalized spacial score (nSPS) is 15.9. The van der Waals surface area contributed by atoms with Gasteiger partial charge < -0.3 is 25.2 Å². The van der Waals surface area contributed by atoms with Crippen molar-refractivity contribution in [2.75, 3.05) is 31.6 Å². The molecule has 38 heavy (non-hydrogen) atoms. The molecule has 1 fully saturated rings. The molecule has 0 saturated carbocycles. The Bertz CT molecular complexity index is 1490. The summed E-state index contributed by atoms with van der Waals surface area (Å²) in [5.74, 6) is -0.373. The highest BCUT2D eigenvalue weighted by Crippen LogP contribution is 2.30. The number of nitrogens with zero attached hydrogens (tertiary/aromatic N) is 6. The van der Waals surface area contributed by atoms with Crippen LogP contribution < -0.4 is 10.6 Å². The van der Waals surface area contributed by atoms with E-state index in [0.29, 0.717) is 42.4 Å². The van der Waals surface area contributed by atoms with Gasteiger partial charge in [-0.2, -0.15) is 0 Å². The number of hydrogen-bond acceptors (Lipinski definition) is 8. The van der Waals surface area contributed by atoms with E-state index < -0.39 is 11.6 Å². The van der Waals surface area contributed by atoms with E-state index in [1.807, 2.05) is 18.4 Å². The number of imidazole rings is 1. The fraction of sp³-hybridized carbons (Fsp3) is 0.346. The summed E-state index contributed by atoms with van der Waals surface area (Å²) in [5.41, 5.74) is 1.36. The quantitative estimate of drug-likeness (QED) is 0.353. The molecule has 0 bridgehead atoms. The number of rotatable bonds is 6. The topological polar surface area (TPSA) is 121 Å². The highest BCUT2D eigenvalue weighted by molar-refractivity contribution is 5.94. The Labute approximate surface area is 217 Å². The van der Waals surface area contributed by atoms with Crippen LogP contribution >= 0.6 is 0 Å². The van der Waals surface area contributed by atoms with Crippen molar-refractivity contribution in [3.05, 3.63) is 59.7 Å². The Kier molecular flexibility index (Phi) is 7.00. The van der Waals surface area contributed by atoms with E-state index in [9.17, 15) is 18.7 Å². The van der Waals surface area contributed by atoms with Crippen LogP contribution in [0.2, 0.25) is 0 Å². The van der Waals surface area contributed by atoms with Crippen LogP contribution in [0.1, 0.15) is 36.1 Å². The molecule has 0 radical (unpaired) electrons. The number of aliphatic hydroxyl groups excluding tert-OH is 1. The molecule has 1 aliphatic heterocycles. The van der Waals surface area contributed by atoms with Gasteiger partial charge in [-0.3, -0.25) is 4.79 Å². The molecule has 1 saturated heterocycles. The van der Waals surface area contributed by atoms with Gasteiger partial charge in [0.2, 0.25) is 5.95 Å². The van der Waals surface area contributed by atoms with Crippen LogP contribution in [0, 0.1) is 18.6 Å². The molecular formula is C26H28F2N8O2. The summed E-state index contributed by atoms with van der Waals surface area (Å²) in [7, 11) is 0. The first-order valence-electron chi connectivity index (χ1n) is 12.3.